The lowest BCUT2D eigenvalue weighted by Crippen LogP contribution is -2.10. The van der Waals surface area contributed by atoms with Gasteiger partial charge in [-0.1, -0.05) is 17.3 Å². The Hall–Kier alpha value is -1.59. The molecule has 0 heterocycles. The molecule has 0 unspecified atom stereocenters. The van der Waals surface area contributed by atoms with Gasteiger partial charge in [0.25, 0.3) is 0 Å². The van der Waals surface area contributed by atoms with E-state index in [1.165, 1.54) is 0 Å². The predicted octanol–water partition coefficient (Wildman–Crippen LogP) is 1.85. The number of rotatable bonds is 7. The van der Waals surface area contributed by atoms with Crippen LogP contribution in [-0.4, -0.2) is 44.5 Å². The normalized spacial score (nSPS) is 15.7. The zero-order valence-electron chi connectivity index (χ0n) is 11.1. The highest BCUT2D eigenvalue weighted by Crippen LogP contribution is 2.30. The molecule has 0 spiro atoms. The number of oxime groups is 1. The molecular formula is C14H19NO4. The summed E-state index contributed by atoms with van der Waals surface area (Å²) in [6, 6.07) is 5.81. The average molecular weight is 265 g/mol. The highest BCUT2D eigenvalue weighted by molar-refractivity contribution is 6.04. The summed E-state index contributed by atoms with van der Waals surface area (Å²) in [5.41, 5.74) is 2.84. The van der Waals surface area contributed by atoms with Crippen LogP contribution in [0.25, 0.3) is 0 Å². The van der Waals surface area contributed by atoms with E-state index >= 15 is 0 Å². The van der Waals surface area contributed by atoms with Crippen LogP contribution in [0.2, 0.25) is 0 Å². The van der Waals surface area contributed by atoms with E-state index in [0.29, 0.717) is 26.4 Å². The Labute approximate surface area is 112 Å². The van der Waals surface area contributed by atoms with Gasteiger partial charge in [-0.3, -0.25) is 0 Å². The number of hydrogen-bond acceptors (Lipinski definition) is 5. The van der Waals surface area contributed by atoms with Gasteiger partial charge in [-0.25, -0.2) is 0 Å². The lowest BCUT2D eigenvalue weighted by Gasteiger charge is -2.10. The maximum atomic E-state index is 8.92. The van der Waals surface area contributed by atoms with Gasteiger partial charge in [-0.15, -0.1) is 0 Å². The van der Waals surface area contributed by atoms with E-state index in [4.69, 9.17) is 19.4 Å². The topological polar surface area (TPSA) is 60.3 Å². The standard InChI is InChI=1S/C14H19NO4/c1-17-7-8-18-9-10-19-14-4-2-3-11-12(14)5-6-13(11)15-16/h2-4,16H,5-10H2,1H3. The van der Waals surface area contributed by atoms with Crippen molar-refractivity contribution in [3.63, 3.8) is 0 Å². The minimum atomic E-state index is 0.506. The van der Waals surface area contributed by atoms with Crippen LogP contribution in [-0.2, 0) is 15.9 Å². The number of ether oxygens (including phenoxy) is 3. The van der Waals surface area contributed by atoms with E-state index in [2.05, 4.69) is 5.16 Å². The molecule has 1 N–H and O–H groups in total. The van der Waals surface area contributed by atoms with Crippen molar-refractivity contribution in [1.29, 1.82) is 0 Å². The van der Waals surface area contributed by atoms with Crippen LogP contribution in [0.3, 0.4) is 0 Å². The molecule has 0 fully saturated rings. The molecule has 0 radical (unpaired) electrons. The molecular weight excluding hydrogens is 246 g/mol. The molecule has 1 aromatic carbocycles. The molecule has 19 heavy (non-hydrogen) atoms. The van der Waals surface area contributed by atoms with E-state index in [0.717, 1.165) is 35.4 Å². The SMILES string of the molecule is COCCOCCOc1cccc2c1CCC2=NO. The van der Waals surface area contributed by atoms with Crippen molar-refractivity contribution in [3.8, 4) is 5.75 Å². The van der Waals surface area contributed by atoms with Gasteiger partial charge in [-0.2, -0.15) is 0 Å². The molecule has 0 atom stereocenters. The second kappa shape index (κ2) is 7.11. The quantitative estimate of drug-likeness (QED) is 0.464. The molecule has 0 aliphatic heterocycles. The summed E-state index contributed by atoms with van der Waals surface area (Å²) < 4.78 is 16.0. The van der Waals surface area contributed by atoms with Crippen LogP contribution in [0.5, 0.6) is 5.75 Å². The van der Waals surface area contributed by atoms with Gasteiger partial charge in [-0.05, 0) is 18.9 Å². The van der Waals surface area contributed by atoms with Crippen LogP contribution in [0, 0.1) is 0 Å². The molecule has 104 valence electrons. The van der Waals surface area contributed by atoms with Crippen molar-refractivity contribution in [2.24, 2.45) is 5.16 Å². The van der Waals surface area contributed by atoms with Crippen LogP contribution >= 0.6 is 0 Å². The molecule has 1 aromatic rings. The van der Waals surface area contributed by atoms with Crippen molar-refractivity contribution in [2.75, 3.05) is 33.5 Å². The first-order valence-electron chi connectivity index (χ1n) is 6.39. The van der Waals surface area contributed by atoms with Crippen LogP contribution in [0.1, 0.15) is 17.5 Å². The molecule has 0 saturated heterocycles. The van der Waals surface area contributed by atoms with Gasteiger partial charge in [0.15, 0.2) is 0 Å². The number of fused-ring (bicyclic) bond motifs is 1. The number of nitrogens with zero attached hydrogens (tertiary/aromatic N) is 1. The first-order valence-corrected chi connectivity index (χ1v) is 6.39. The van der Waals surface area contributed by atoms with Crippen molar-refractivity contribution >= 4 is 5.71 Å². The molecule has 2 rings (SSSR count). The zero-order chi connectivity index (χ0) is 13.5. The van der Waals surface area contributed by atoms with Gasteiger partial charge < -0.3 is 19.4 Å². The molecule has 0 bridgehead atoms. The van der Waals surface area contributed by atoms with Crippen LogP contribution < -0.4 is 4.74 Å². The molecule has 5 nitrogen and oxygen atoms in total. The summed E-state index contributed by atoms with van der Waals surface area (Å²) in [6.45, 7) is 2.21. The molecule has 5 heteroatoms. The second-order valence-corrected chi connectivity index (χ2v) is 4.28. The Bertz CT molecular complexity index is 445. The van der Waals surface area contributed by atoms with Gasteiger partial charge in [0, 0.05) is 18.2 Å². The minimum Gasteiger partial charge on any atom is -0.491 e. The van der Waals surface area contributed by atoms with E-state index in [1.807, 2.05) is 18.2 Å². The van der Waals surface area contributed by atoms with Crippen molar-refractivity contribution < 1.29 is 19.4 Å². The van der Waals surface area contributed by atoms with Gasteiger partial charge >= 0.3 is 0 Å². The fourth-order valence-electron chi connectivity index (χ4n) is 2.17. The second-order valence-electron chi connectivity index (χ2n) is 4.28. The van der Waals surface area contributed by atoms with Gasteiger partial charge in [0.05, 0.1) is 25.5 Å². The average Bonchev–Trinajstić information content (AvgIpc) is 2.86. The van der Waals surface area contributed by atoms with Crippen molar-refractivity contribution in [2.45, 2.75) is 12.8 Å². The lowest BCUT2D eigenvalue weighted by molar-refractivity contribution is 0.0543. The van der Waals surface area contributed by atoms with Crippen LogP contribution in [0.15, 0.2) is 23.4 Å². The number of methoxy groups -OCH3 is 1. The fraction of sp³-hybridized carbons (Fsp3) is 0.500. The Morgan fingerprint density at radius 2 is 2.00 bits per heavy atom. The summed E-state index contributed by atoms with van der Waals surface area (Å²) in [5, 5.41) is 12.2. The molecule has 1 aliphatic rings. The summed E-state index contributed by atoms with van der Waals surface area (Å²) in [4.78, 5) is 0. The predicted molar refractivity (Wildman–Crippen MR) is 71.3 cm³/mol. The Kier molecular flexibility index (Phi) is 5.18. The maximum Gasteiger partial charge on any atom is 0.123 e. The smallest absolute Gasteiger partial charge is 0.123 e. The third-order valence-corrected chi connectivity index (χ3v) is 3.09. The van der Waals surface area contributed by atoms with E-state index in [1.54, 1.807) is 7.11 Å². The Morgan fingerprint density at radius 1 is 1.16 bits per heavy atom. The minimum absolute atomic E-state index is 0.506. The largest absolute Gasteiger partial charge is 0.491 e. The third-order valence-electron chi connectivity index (χ3n) is 3.09. The zero-order valence-corrected chi connectivity index (χ0v) is 11.1. The third kappa shape index (κ3) is 3.45. The first-order chi connectivity index (χ1) is 9.36. The van der Waals surface area contributed by atoms with Gasteiger partial charge in [0.2, 0.25) is 0 Å². The maximum absolute atomic E-state index is 8.92. The Balaban J connectivity index is 1.87. The van der Waals surface area contributed by atoms with E-state index in [9.17, 15) is 0 Å². The number of benzene rings is 1. The van der Waals surface area contributed by atoms with Crippen molar-refractivity contribution in [3.05, 3.63) is 29.3 Å². The summed E-state index contributed by atoms with van der Waals surface area (Å²) in [7, 11) is 1.65. The summed E-state index contributed by atoms with van der Waals surface area (Å²) >= 11 is 0. The summed E-state index contributed by atoms with van der Waals surface area (Å²) in [5.74, 6) is 0.853. The monoisotopic (exact) mass is 265 g/mol. The van der Waals surface area contributed by atoms with Crippen molar-refractivity contribution in [1.82, 2.24) is 0 Å². The molecule has 1 aliphatic carbocycles. The van der Waals surface area contributed by atoms with E-state index < -0.39 is 0 Å². The number of hydrogen-bond donors (Lipinski definition) is 1. The lowest BCUT2D eigenvalue weighted by atomic mass is 10.1. The first kappa shape index (κ1) is 13.8. The molecule has 0 saturated carbocycles. The molecule has 0 aromatic heterocycles. The molecule has 0 amide bonds. The fourth-order valence-corrected chi connectivity index (χ4v) is 2.17. The van der Waals surface area contributed by atoms with Gasteiger partial charge in [0.1, 0.15) is 12.4 Å². The highest BCUT2D eigenvalue weighted by Gasteiger charge is 2.21. The van der Waals surface area contributed by atoms with Crippen LogP contribution in [0.4, 0.5) is 0 Å². The highest BCUT2D eigenvalue weighted by atomic mass is 16.5. The summed E-state index contributed by atoms with van der Waals surface area (Å²) in [6.07, 6.45) is 1.62. The van der Waals surface area contributed by atoms with E-state index in [-0.39, 0.29) is 0 Å². The Morgan fingerprint density at radius 3 is 2.79 bits per heavy atom.